The third-order valence-electron chi connectivity index (χ3n) is 1.81. The molecule has 1 heterocycles. The lowest BCUT2D eigenvalue weighted by atomic mass is 10.3. The van der Waals surface area contributed by atoms with Gasteiger partial charge in [0.05, 0.1) is 6.20 Å². The molecule has 1 unspecified atom stereocenters. The van der Waals surface area contributed by atoms with Crippen LogP contribution < -0.4 is 4.74 Å². The lowest BCUT2D eigenvalue weighted by Crippen LogP contribution is -2.25. The van der Waals surface area contributed by atoms with Gasteiger partial charge in [0.1, 0.15) is 5.75 Å². The van der Waals surface area contributed by atoms with Crippen LogP contribution in [0.15, 0.2) is 18.3 Å². The lowest BCUT2D eigenvalue weighted by Gasteiger charge is -2.12. The maximum Gasteiger partial charge on any atom is 0.344 e. The van der Waals surface area contributed by atoms with E-state index in [1.807, 2.05) is 6.92 Å². The molecule has 1 rings (SSSR count). The van der Waals surface area contributed by atoms with Crippen molar-refractivity contribution in [3.63, 3.8) is 0 Å². The molecule has 0 radical (unpaired) electrons. The SMILES string of the molecule is CCC(Oc1ccc(C)nc1)C(=O)O. The fourth-order valence-corrected chi connectivity index (χ4v) is 0.997. The second-order valence-electron chi connectivity index (χ2n) is 2.99. The van der Waals surface area contributed by atoms with Gasteiger partial charge in [-0.1, -0.05) is 6.92 Å². The van der Waals surface area contributed by atoms with Crippen molar-refractivity contribution >= 4 is 5.97 Å². The third kappa shape index (κ3) is 2.73. The van der Waals surface area contributed by atoms with Crippen molar-refractivity contribution in [2.45, 2.75) is 26.4 Å². The summed E-state index contributed by atoms with van der Waals surface area (Å²) >= 11 is 0. The zero-order valence-corrected chi connectivity index (χ0v) is 8.23. The number of ether oxygens (including phenoxy) is 1. The van der Waals surface area contributed by atoms with Crippen LogP contribution in [0.4, 0.5) is 0 Å². The Bertz CT molecular complexity index is 308. The van der Waals surface area contributed by atoms with Gasteiger partial charge in [-0.15, -0.1) is 0 Å². The molecule has 0 aromatic carbocycles. The molecule has 0 saturated heterocycles. The first kappa shape index (κ1) is 10.5. The minimum Gasteiger partial charge on any atom is -0.479 e. The highest BCUT2D eigenvalue weighted by Gasteiger charge is 2.16. The Morgan fingerprint density at radius 1 is 1.64 bits per heavy atom. The van der Waals surface area contributed by atoms with Crippen molar-refractivity contribution in [1.82, 2.24) is 4.98 Å². The summed E-state index contributed by atoms with van der Waals surface area (Å²) in [5, 5.41) is 8.74. The number of carboxylic acid groups (broad SMARTS) is 1. The van der Waals surface area contributed by atoms with Gasteiger partial charge in [0.2, 0.25) is 0 Å². The summed E-state index contributed by atoms with van der Waals surface area (Å²) in [4.78, 5) is 14.7. The largest absolute Gasteiger partial charge is 0.479 e. The van der Waals surface area contributed by atoms with Gasteiger partial charge in [-0.2, -0.15) is 0 Å². The van der Waals surface area contributed by atoms with Gasteiger partial charge in [0, 0.05) is 5.69 Å². The van der Waals surface area contributed by atoms with Crippen molar-refractivity contribution in [3.8, 4) is 5.75 Å². The highest BCUT2D eigenvalue weighted by Crippen LogP contribution is 2.12. The van der Waals surface area contributed by atoms with Gasteiger partial charge in [-0.05, 0) is 25.5 Å². The first-order chi connectivity index (χ1) is 6.63. The zero-order valence-electron chi connectivity index (χ0n) is 8.23. The Morgan fingerprint density at radius 2 is 2.36 bits per heavy atom. The summed E-state index contributed by atoms with van der Waals surface area (Å²) < 4.78 is 5.22. The Labute approximate surface area is 82.5 Å². The van der Waals surface area contributed by atoms with Crippen LogP contribution in [0.25, 0.3) is 0 Å². The first-order valence-electron chi connectivity index (χ1n) is 4.45. The summed E-state index contributed by atoms with van der Waals surface area (Å²) in [5.41, 5.74) is 0.876. The molecule has 0 aliphatic carbocycles. The topological polar surface area (TPSA) is 59.4 Å². The van der Waals surface area contributed by atoms with Gasteiger partial charge < -0.3 is 9.84 Å². The van der Waals surface area contributed by atoms with Gasteiger partial charge in [0.15, 0.2) is 6.10 Å². The van der Waals surface area contributed by atoms with Gasteiger partial charge in [-0.25, -0.2) is 4.79 Å². The van der Waals surface area contributed by atoms with Crippen LogP contribution in [-0.2, 0) is 4.79 Å². The summed E-state index contributed by atoms with van der Waals surface area (Å²) in [6, 6.07) is 3.50. The number of carbonyl (C=O) groups is 1. The minimum absolute atomic E-state index is 0.434. The second-order valence-corrected chi connectivity index (χ2v) is 2.99. The second kappa shape index (κ2) is 4.60. The number of carboxylic acids is 1. The van der Waals surface area contributed by atoms with Crippen LogP contribution in [0.1, 0.15) is 19.0 Å². The molecule has 4 nitrogen and oxygen atoms in total. The van der Waals surface area contributed by atoms with Crippen LogP contribution in [0.5, 0.6) is 5.75 Å². The normalized spacial score (nSPS) is 12.1. The molecule has 0 spiro atoms. The Kier molecular flexibility index (Phi) is 3.45. The summed E-state index contributed by atoms with van der Waals surface area (Å²) in [6.45, 7) is 3.62. The number of rotatable bonds is 4. The number of pyridine rings is 1. The van der Waals surface area contributed by atoms with E-state index in [0.717, 1.165) is 5.69 Å². The van der Waals surface area contributed by atoms with E-state index in [2.05, 4.69) is 4.98 Å². The van der Waals surface area contributed by atoms with E-state index in [0.29, 0.717) is 12.2 Å². The Hall–Kier alpha value is -1.58. The molecular weight excluding hydrogens is 182 g/mol. The van der Waals surface area contributed by atoms with E-state index < -0.39 is 12.1 Å². The summed E-state index contributed by atoms with van der Waals surface area (Å²) in [7, 11) is 0. The number of nitrogens with zero attached hydrogens (tertiary/aromatic N) is 1. The molecular formula is C10H13NO3. The van der Waals surface area contributed by atoms with Gasteiger partial charge >= 0.3 is 5.97 Å². The molecule has 4 heteroatoms. The monoisotopic (exact) mass is 195 g/mol. The summed E-state index contributed by atoms with van der Waals surface area (Å²) in [6.07, 6.45) is 1.17. The van der Waals surface area contributed by atoms with Crippen LogP contribution in [0.3, 0.4) is 0 Å². The smallest absolute Gasteiger partial charge is 0.344 e. The zero-order chi connectivity index (χ0) is 10.6. The quantitative estimate of drug-likeness (QED) is 0.793. The van der Waals surface area contributed by atoms with E-state index in [1.54, 1.807) is 19.1 Å². The molecule has 14 heavy (non-hydrogen) atoms. The van der Waals surface area contributed by atoms with Crippen molar-refractivity contribution in [2.24, 2.45) is 0 Å². The predicted octanol–water partition coefficient (Wildman–Crippen LogP) is 1.63. The highest BCUT2D eigenvalue weighted by atomic mass is 16.5. The first-order valence-corrected chi connectivity index (χ1v) is 4.45. The van der Waals surface area contributed by atoms with E-state index >= 15 is 0 Å². The molecule has 0 aliphatic heterocycles. The van der Waals surface area contributed by atoms with Crippen molar-refractivity contribution < 1.29 is 14.6 Å². The number of aromatic nitrogens is 1. The fourth-order valence-electron chi connectivity index (χ4n) is 0.997. The Balaban J connectivity index is 2.67. The molecule has 0 fully saturated rings. The van der Waals surface area contributed by atoms with Crippen molar-refractivity contribution in [1.29, 1.82) is 0 Å². The predicted molar refractivity (Wildman–Crippen MR) is 51.3 cm³/mol. The van der Waals surface area contributed by atoms with Crippen molar-refractivity contribution in [2.75, 3.05) is 0 Å². The average Bonchev–Trinajstić information content (AvgIpc) is 2.16. The maximum absolute atomic E-state index is 10.7. The molecule has 0 saturated carbocycles. The van der Waals surface area contributed by atoms with Crippen LogP contribution in [0, 0.1) is 6.92 Å². The number of aliphatic carboxylic acids is 1. The molecule has 0 bridgehead atoms. The van der Waals surface area contributed by atoms with Crippen LogP contribution >= 0.6 is 0 Å². The van der Waals surface area contributed by atoms with Gasteiger partial charge in [0.25, 0.3) is 0 Å². The van der Waals surface area contributed by atoms with Crippen LogP contribution in [0.2, 0.25) is 0 Å². The summed E-state index contributed by atoms with van der Waals surface area (Å²) in [5.74, 6) is -0.460. The molecule has 1 aromatic rings. The minimum atomic E-state index is -0.951. The standard InChI is InChI=1S/C10H13NO3/c1-3-9(10(12)13)14-8-5-4-7(2)11-6-8/h4-6,9H,3H2,1-2H3,(H,12,13). The molecule has 1 N–H and O–H groups in total. The molecule has 76 valence electrons. The molecule has 0 aliphatic rings. The van der Waals surface area contributed by atoms with Crippen molar-refractivity contribution in [3.05, 3.63) is 24.0 Å². The van der Waals surface area contributed by atoms with E-state index in [1.165, 1.54) is 6.20 Å². The highest BCUT2D eigenvalue weighted by molar-refractivity contribution is 5.72. The Morgan fingerprint density at radius 3 is 2.79 bits per heavy atom. The van der Waals surface area contributed by atoms with Gasteiger partial charge in [-0.3, -0.25) is 4.98 Å². The number of aryl methyl sites for hydroxylation is 1. The fraction of sp³-hybridized carbons (Fsp3) is 0.400. The maximum atomic E-state index is 10.7. The molecule has 1 atom stereocenters. The number of hydrogen-bond acceptors (Lipinski definition) is 3. The average molecular weight is 195 g/mol. The van der Waals surface area contributed by atoms with E-state index in [4.69, 9.17) is 9.84 Å². The van der Waals surface area contributed by atoms with E-state index in [-0.39, 0.29) is 0 Å². The number of hydrogen-bond donors (Lipinski definition) is 1. The molecule has 0 amide bonds. The lowest BCUT2D eigenvalue weighted by molar-refractivity contribution is -0.145. The third-order valence-corrected chi connectivity index (χ3v) is 1.81. The van der Waals surface area contributed by atoms with Crippen LogP contribution in [-0.4, -0.2) is 22.2 Å². The molecule has 1 aromatic heterocycles. The van der Waals surface area contributed by atoms with E-state index in [9.17, 15) is 4.79 Å².